The van der Waals surface area contributed by atoms with Gasteiger partial charge in [-0.1, -0.05) is 6.92 Å². The van der Waals surface area contributed by atoms with E-state index in [1.54, 1.807) is 7.11 Å². The lowest BCUT2D eigenvalue weighted by Gasteiger charge is -2.37. The van der Waals surface area contributed by atoms with Gasteiger partial charge < -0.3 is 15.0 Å². The first-order valence-electron chi connectivity index (χ1n) is 4.68. The lowest BCUT2D eigenvalue weighted by molar-refractivity contribution is 0.0148. The topological polar surface area (TPSA) is 24.5 Å². The van der Waals surface area contributed by atoms with Crippen molar-refractivity contribution in [3.8, 4) is 0 Å². The molecule has 0 aromatic rings. The molecule has 76 valence electrons. The third kappa shape index (κ3) is 2.54. The van der Waals surface area contributed by atoms with E-state index in [4.69, 9.17) is 17.0 Å². The number of hydrogen-bond acceptors (Lipinski definition) is 2. The third-order valence-electron chi connectivity index (χ3n) is 2.69. The molecule has 1 fully saturated rings. The van der Waals surface area contributed by atoms with Crippen LogP contribution in [0.25, 0.3) is 0 Å². The van der Waals surface area contributed by atoms with Gasteiger partial charge in [0.25, 0.3) is 0 Å². The molecule has 0 spiro atoms. The summed E-state index contributed by atoms with van der Waals surface area (Å²) < 4.78 is 5.40. The summed E-state index contributed by atoms with van der Waals surface area (Å²) in [5.74, 6) is 0.640. The number of rotatable bonds is 1. The minimum atomic E-state index is 0.319. The second-order valence-corrected chi connectivity index (χ2v) is 3.93. The molecule has 0 saturated carbocycles. The van der Waals surface area contributed by atoms with Crippen LogP contribution < -0.4 is 5.32 Å². The average molecular weight is 202 g/mol. The molecule has 0 aromatic heterocycles. The fraction of sp³-hybridized carbons (Fsp3) is 0.889. The lowest BCUT2D eigenvalue weighted by atomic mass is 9.96. The molecule has 1 aliphatic heterocycles. The van der Waals surface area contributed by atoms with Gasteiger partial charge in [0.15, 0.2) is 5.11 Å². The zero-order valence-electron chi connectivity index (χ0n) is 8.54. The van der Waals surface area contributed by atoms with Crippen LogP contribution in [0.4, 0.5) is 0 Å². The van der Waals surface area contributed by atoms with Crippen LogP contribution >= 0.6 is 12.2 Å². The van der Waals surface area contributed by atoms with Gasteiger partial charge in [-0.05, 0) is 24.6 Å². The summed E-state index contributed by atoms with van der Waals surface area (Å²) in [6.07, 6.45) is 1.47. The van der Waals surface area contributed by atoms with Gasteiger partial charge in [0, 0.05) is 27.2 Å². The van der Waals surface area contributed by atoms with Gasteiger partial charge >= 0.3 is 0 Å². The number of methoxy groups -OCH3 is 1. The minimum Gasteiger partial charge on any atom is -0.379 e. The highest BCUT2D eigenvalue weighted by Crippen LogP contribution is 2.19. The summed E-state index contributed by atoms with van der Waals surface area (Å²) in [7, 11) is 3.63. The first kappa shape index (κ1) is 10.7. The first-order valence-corrected chi connectivity index (χ1v) is 5.09. The number of piperidine rings is 1. The van der Waals surface area contributed by atoms with E-state index in [0.717, 1.165) is 24.6 Å². The van der Waals surface area contributed by atoms with Crippen molar-refractivity contribution < 1.29 is 4.74 Å². The Labute approximate surface area is 85.4 Å². The molecule has 0 aliphatic carbocycles. The molecule has 0 aromatic carbocycles. The smallest absolute Gasteiger partial charge is 0.168 e. The summed E-state index contributed by atoms with van der Waals surface area (Å²) in [6.45, 7) is 4.19. The van der Waals surface area contributed by atoms with Crippen molar-refractivity contribution in [2.24, 2.45) is 5.92 Å². The second kappa shape index (κ2) is 4.77. The third-order valence-corrected chi connectivity index (χ3v) is 3.16. The van der Waals surface area contributed by atoms with Gasteiger partial charge in [-0.25, -0.2) is 0 Å². The van der Waals surface area contributed by atoms with Crippen LogP contribution in [0, 0.1) is 5.92 Å². The molecule has 1 rings (SSSR count). The van der Waals surface area contributed by atoms with E-state index >= 15 is 0 Å². The Morgan fingerprint density at radius 3 is 2.85 bits per heavy atom. The predicted octanol–water partition coefficient (Wildman–Crippen LogP) is 0.847. The molecule has 3 nitrogen and oxygen atoms in total. The largest absolute Gasteiger partial charge is 0.379 e. The Hall–Kier alpha value is -0.350. The summed E-state index contributed by atoms with van der Waals surface area (Å²) in [4.78, 5) is 2.17. The SMILES string of the molecule is CNC(=S)N1CCC(C)C(OC)C1. The highest BCUT2D eigenvalue weighted by atomic mass is 32.1. The maximum absolute atomic E-state index is 5.40. The maximum Gasteiger partial charge on any atom is 0.168 e. The second-order valence-electron chi connectivity index (χ2n) is 3.54. The molecule has 13 heavy (non-hydrogen) atoms. The van der Waals surface area contributed by atoms with Crippen LogP contribution in [0.15, 0.2) is 0 Å². The molecular weight excluding hydrogens is 184 g/mol. The van der Waals surface area contributed by atoms with Gasteiger partial charge in [-0.3, -0.25) is 0 Å². The van der Waals surface area contributed by atoms with Crippen molar-refractivity contribution in [2.75, 3.05) is 27.2 Å². The normalized spacial score (nSPS) is 28.7. The van der Waals surface area contributed by atoms with Crippen LogP contribution in [0.2, 0.25) is 0 Å². The van der Waals surface area contributed by atoms with E-state index in [1.807, 2.05) is 7.05 Å². The van der Waals surface area contributed by atoms with E-state index in [9.17, 15) is 0 Å². The van der Waals surface area contributed by atoms with Gasteiger partial charge in [0.2, 0.25) is 0 Å². The molecule has 1 heterocycles. The van der Waals surface area contributed by atoms with Crippen LogP contribution in [0.3, 0.4) is 0 Å². The molecule has 2 atom stereocenters. The van der Waals surface area contributed by atoms with Crippen LogP contribution in [0.1, 0.15) is 13.3 Å². The quantitative estimate of drug-likeness (QED) is 0.637. The molecule has 1 saturated heterocycles. The number of thiocarbonyl (C=S) groups is 1. The highest BCUT2D eigenvalue weighted by molar-refractivity contribution is 7.80. The molecule has 0 bridgehead atoms. The van der Waals surface area contributed by atoms with Crippen molar-refractivity contribution in [3.05, 3.63) is 0 Å². The number of nitrogens with one attached hydrogen (secondary N) is 1. The van der Waals surface area contributed by atoms with Crippen molar-refractivity contribution >= 4 is 17.3 Å². The summed E-state index contributed by atoms with van der Waals surface area (Å²) in [5.41, 5.74) is 0. The lowest BCUT2D eigenvalue weighted by Crippen LogP contribution is -2.49. The van der Waals surface area contributed by atoms with Crippen molar-refractivity contribution in [3.63, 3.8) is 0 Å². The Bertz CT molecular complexity index is 186. The van der Waals surface area contributed by atoms with Crippen LogP contribution in [-0.2, 0) is 4.74 Å². The van der Waals surface area contributed by atoms with Crippen molar-refractivity contribution in [1.82, 2.24) is 10.2 Å². The molecular formula is C9H18N2OS. The monoisotopic (exact) mass is 202 g/mol. The minimum absolute atomic E-state index is 0.319. The molecule has 0 radical (unpaired) electrons. The molecule has 4 heteroatoms. The summed E-state index contributed by atoms with van der Waals surface area (Å²) in [6, 6.07) is 0. The summed E-state index contributed by atoms with van der Waals surface area (Å²) >= 11 is 5.17. The van der Waals surface area contributed by atoms with Crippen molar-refractivity contribution in [1.29, 1.82) is 0 Å². The van der Waals surface area contributed by atoms with E-state index in [0.29, 0.717) is 12.0 Å². The van der Waals surface area contributed by atoms with E-state index < -0.39 is 0 Å². The zero-order valence-corrected chi connectivity index (χ0v) is 9.36. The molecule has 2 unspecified atom stereocenters. The molecule has 1 aliphatic rings. The Kier molecular flexibility index (Phi) is 3.93. The van der Waals surface area contributed by atoms with Crippen LogP contribution in [0.5, 0.6) is 0 Å². The molecule has 1 N–H and O–H groups in total. The highest BCUT2D eigenvalue weighted by Gasteiger charge is 2.26. The van der Waals surface area contributed by atoms with Gasteiger partial charge in [-0.2, -0.15) is 0 Å². The fourth-order valence-corrected chi connectivity index (χ4v) is 1.85. The average Bonchev–Trinajstić information content (AvgIpc) is 2.17. The predicted molar refractivity (Wildman–Crippen MR) is 57.8 cm³/mol. The van der Waals surface area contributed by atoms with Gasteiger partial charge in [0.1, 0.15) is 0 Å². The van der Waals surface area contributed by atoms with Crippen LogP contribution in [-0.4, -0.2) is 43.4 Å². The standard InChI is InChI=1S/C9H18N2OS/c1-7-4-5-11(9(13)10-2)6-8(7)12-3/h7-8H,4-6H2,1-3H3,(H,10,13). The van der Waals surface area contributed by atoms with E-state index in [2.05, 4.69) is 17.1 Å². The zero-order chi connectivity index (χ0) is 9.84. The summed E-state index contributed by atoms with van der Waals surface area (Å²) in [5, 5.41) is 3.82. The number of ether oxygens (including phenoxy) is 1. The maximum atomic E-state index is 5.40. The Morgan fingerprint density at radius 1 is 1.62 bits per heavy atom. The number of hydrogen-bond donors (Lipinski definition) is 1. The van der Waals surface area contributed by atoms with E-state index in [1.165, 1.54) is 0 Å². The fourth-order valence-electron chi connectivity index (χ4n) is 1.68. The Balaban J connectivity index is 2.49. The van der Waals surface area contributed by atoms with Gasteiger partial charge in [-0.15, -0.1) is 0 Å². The van der Waals surface area contributed by atoms with Crippen molar-refractivity contribution in [2.45, 2.75) is 19.4 Å². The van der Waals surface area contributed by atoms with E-state index in [-0.39, 0.29) is 0 Å². The Morgan fingerprint density at radius 2 is 2.31 bits per heavy atom. The van der Waals surface area contributed by atoms with Gasteiger partial charge in [0.05, 0.1) is 6.10 Å². The number of likely N-dealkylation sites (tertiary alicyclic amines) is 1. The number of nitrogens with zero attached hydrogens (tertiary/aromatic N) is 1. The molecule has 0 amide bonds. The first-order chi connectivity index (χ1) is 6.19.